The Hall–Kier alpha value is -0.650. The average Bonchev–Trinajstić information content (AvgIpc) is 2.61. The minimum Gasteiger partial charge on any atom is -0.272 e. The number of alkyl halides is 3. The van der Waals surface area contributed by atoms with E-state index in [0.29, 0.717) is 18.2 Å². The lowest BCUT2D eigenvalue weighted by Crippen LogP contribution is -2.19. The van der Waals surface area contributed by atoms with Gasteiger partial charge < -0.3 is 0 Å². The highest BCUT2D eigenvalue weighted by atomic mass is 32.1. The van der Waals surface area contributed by atoms with E-state index in [1.165, 1.54) is 10.9 Å². The molecular weight excluding hydrogens is 237 g/mol. The van der Waals surface area contributed by atoms with Gasteiger partial charge in [0.05, 0.1) is 0 Å². The van der Waals surface area contributed by atoms with Gasteiger partial charge in [-0.2, -0.15) is 30.9 Å². The smallest absolute Gasteiger partial charge is 0.272 e. The van der Waals surface area contributed by atoms with Gasteiger partial charge in [0, 0.05) is 12.7 Å². The minimum absolute atomic E-state index is 0.226. The normalized spacial score (nSPS) is 14.4. The topological polar surface area (TPSA) is 17.8 Å². The van der Waals surface area contributed by atoms with Crippen molar-refractivity contribution < 1.29 is 13.2 Å². The van der Waals surface area contributed by atoms with Crippen molar-refractivity contribution in [1.82, 2.24) is 9.78 Å². The van der Waals surface area contributed by atoms with Crippen LogP contribution in [0.2, 0.25) is 0 Å². The Labute approximate surface area is 98.2 Å². The van der Waals surface area contributed by atoms with Gasteiger partial charge in [-0.05, 0) is 23.7 Å². The summed E-state index contributed by atoms with van der Waals surface area (Å²) < 4.78 is 38.2. The van der Waals surface area contributed by atoms with Crippen molar-refractivity contribution >= 4 is 12.6 Å². The third-order valence-corrected chi connectivity index (χ3v) is 3.00. The Morgan fingerprint density at radius 3 is 2.44 bits per heavy atom. The predicted octanol–water partition coefficient (Wildman–Crippen LogP) is 3.10. The molecule has 6 heteroatoms. The molecule has 0 aliphatic heterocycles. The van der Waals surface area contributed by atoms with Crippen LogP contribution in [0, 0.1) is 11.8 Å². The summed E-state index contributed by atoms with van der Waals surface area (Å²) in [4.78, 5) is 0. The second kappa shape index (κ2) is 5.12. The molecule has 0 radical (unpaired) electrons. The summed E-state index contributed by atoms with van der Waals surface area (Å²) in [6, 6.07) is 0.996. The molecule has 92 valence electrons. The zero-order valence-electron chi connectivity index (χ0n) is 9.20. The van der Waals surface area contributed by atoms with E-state index >= 15 is 0 Å². The molecule has 1 atom stereocenters. The van der Waals surface area contributed by atoms with Gasteiger partial charge in [-0.1, -0.05) is 13.8 Å². The molecule has 0 N–H and O–H groups in total. The molecule has 1 rings (SSSR count). The highest BCUT2D eigenvalue weighted by molar-refractivity contribution is 7.80. The second-order valence-electron chi connectivity index (χ2n) is 4.11. The fourth-order valence-corrected chi connectivity index (χ4v) is 1.87. The van der Waals surface area contributed by atoms with Gasteiger partial charge in [-0.3, -0.25) is 4.68 Å². The Balaban J connectivity index is 2.72. The summed E-state index contributed by atoms with van der Waals surface area (Å²) in [6.07, 6.45) is -3.00. The van der Waals surface area contributed by atoms with Crippen molar-refractivity contribution in [3.63, 3.8) is 0 Å². The van der Waals surface area contributed by atoms with E-state index in [9.17, 15) is 13.2 Å². The minimum atomic E-state index is -4.36. The van der Waals surface area contributed by atoms with E-state index in [-0.39, 0.29) is 5.92 Å². The van der Waals surface area contributed by atoms with E-state index < -0.39 is 11.9 Å². The summed E-state index contributed by atoms with van der Waals surface area (Å²) >= 11 is 4.19. The second-order valence-corrected chi connectivity index (χ2v) is 4.47. The first kappa shape index (κ1) is 13.4. The Kier molecular flexibility index (Phi) is 4.29. The molecule has 0 saturated carbocycles. The van der Waals surface area contributed by atoms with Crippen LogP contribution in [0.4, 0.5) is 13.2 Å². The molecule has 1 aromatic rings. The van der Waals surface area contributed by atoms with Crippen molar-refractivity contribution in [2.24, 2.45) is 11.8 Å². The summed E-state index contributed by atoms with van der Waals surface area (Å²) in [7, 11) is 0. The zero-order valence-corrected chi connectivity index (χ0v) is 10.1. The number of thiol groups is 1. The molecule has 0 bridgehead atoms. The number of rotatable bonds is 4. The predicted molar refractivity (Wildman–Crippen MR) is 59.4 cm³/mol. The first-order valence-corrected chi connectivity index (χ1v) is 5.69. The molecule has 2 nitrogen and oxygen atoms in total. The number of aromatic nitrogens is 2. The maximum Gasteiger partial charge on any atom is 0.435 e. The zero-order chi connectivity index (χ0) is 12.3. The first-order chi connectivity index (χ1) is 7.34. The lowest BCUT2D eigenvalue weighted by molar-refractivity contribution is -0.141. The average molecular weight is 252 g/mol. The van der Waals surface area contributed by atoms with Crippen LogP contribution in [0.3, 0.4) is 0 Å². The molecule has 0 fully saturated rings. The fourth-order valence-electron chi connectivity index (χ4n) is 1.33. The van der Waals surface area contributed by atoms with Crippen LogP contribution in [0.1, 0.15) is 19.5 Å². The molecule has 0 saturated heterocycles. The van der Waals surface area contributed by atoms with E-state index in [1.807, 2.05) is 13.8 Å². The maximum absolute atomic E-state index is 12.3. The Bertz CT molecular complexity index is 333. The lowest BCUT2D eigenvalue weighted by atomic mass is 9.98. The Morgan fingerprint density at radius 2 is 2.06 bits per heavy atom. The lowest BCUT2D eigenvalue weighted by Gasteiger charge is -2.18. The quantitative estimate of drug-likeness (QED) is 0.815. The third kappa shape index (κ3) is 3.43. The molecular formula is C10H15F3N2S. The molecule has 16 heavy (non-hydrogen) atoms. The van der Waals surface area contributed by atoms with Gasteiger partial charge in [0.2, 0.25) is 0 Å². The summed E-state index contributed by atoms with van der Waals surface area (Å²) in [5.74, 6) is 1.24. The summed E-state index contributed by atoms with van der Waals surface area (Å²) in [5.41, 5.74) is -0.839. The SMILES string of the molecule is CC(C)C(CS)Cn1ccc(C(F)(F)F)n1. The van der Waals surface area contributed by atoms with E-state index in [4.69, 9.17) is 0 Å². The molecule has 0 aliphatic rings. The number of nitrogens with zero attached hydrogens (tertiary/aromatic N) is 2. The summed E-state index contributed by atoms with van der Waals surface area (Å²) in [6.45, 7) is 4.52. The first-order valence-electron chi connectivity index (χ1n) is 5.06. The monoisotopic (exact) mass is 252 g/mol. The van der Waals surface area contributed by atoms with Gasteiger partial charge in [0.15, 0.2) is 5.69 Å². The van der Waals surface area contributed by atoms with Gasteiger partial charge in [0.1, 0.15) is 0 Å². The van der Waals surface area contributed by atoms with Gasteiger partial charge in [-0.25, -0.2) is 0 Å². The van der Waals surface area contributed by atoms with Gasteiger partial charge >= 0.3 is 6.18 Å². The molecule has 1 aromatic heterocycles. The number of hydrogen-bond acceptors (Lipinski definition) is 2. The van der Waals surface area contributed by atoms with Gasteiger partial charge in [-0.15, -0.1) is 0 Å². The van der Waals surface area contributed by atoms with Crippen LogP contribution in [0.25, 0.3) is 0 Å². The molecule has 1 unspecified atom stereocenters. The molecule has 0 amide bonds. The third-order valence-electron chi connectivity index (χ3n) is 2.53. The highest BCUT2D eigenvalue weighted by Gasteiger charge is 2.33. The van der Waals surface area contributed by atoms with Crippen LogP contribution in [0.15, 0.2) is 12.3 Å². The van der Waals surface area contributed by atoms with Crippen molar-refractivity contribution in [3.8, 4) is 0 Å². The van der Waals surface area contributed by atoms with Crippen molar-refractivity contribution in [1.29, 1.82) is 0 Å². The molecule has 0 spiro atoms. The molecule has 0 aromatic carbocycles. The summed E-state index contributed by atoms with van der Waals surface area (Å²) in [5, 5.41) is 3.51. The largest absolute Gasteiger partial charge is 0.435 e. The van der Waals surface area contributed by atoms with E-state index in [0.717, 1.165) is 6.07 Å². The van der Waals surface area contributed by atoms with Crippen LogP contribution >= 0.6 is 12.6 Å². The van der Waals surface area contributed by atoms with Gasteiger partial charge in [0.25, 0.3) is 0 Å². The number of halogens is 3. The number of hydrogen-bond donors (Lipinski definition) is 1. The van der Waals surface area contributed by atoms with E-state index in [1.54, 1.807) is 0 Å². The van der Waals surface area contributed by atoms with Crippen molar-refractivity contribution in [3.05, 3.63) is 18.0 Å². The van der Waals surface area contributed by atoms with Crippen molar-refractivity contribution in [2.45, 2.75) is 26.6 Å². The van der Waals surface area contributed by atoms with Crippen molar-refractivity contribution in [2.75, 3.05) is 5.75 Å². The van der Waals surface area contributed by atoms with Crippen LogP contribution in [0.5, 0.6) is 0 Å². The molecule has 1 heterocycles. The molecule has 0 aliphatic carbocycles. The highest BCUT2D eigenvalue weighted by Crippen LogP contribution is 2.27. The van der Waals surface area contributed by atoms with Crippen LogP contribution in [-0.4, -0.2) is 15.5 Å². The fraction of sp³-hybridized carbons (Fsp3) is 0.700. The standard InChI is InChI=1S/C10H15F3N2S/c1-7(2)8(6-16)5-15-4-3-9(14-15)10(11,12)13/h3-4,7-8,16H,5-6H2,1-2H3. The van der Waals surface area contributed by atoms with Crippen LogP contribution in [-0.2, 0) is 12.7 Å². The van der Waals surface area contributed by atoms with E-state index in [2.05, 4.69) is 17.7 Å². The Morgan fingerprint density at radius 1 is 1.44 bits per heavy atom. The maximum atomic E-state index is 12.3. The van der Waals surface area contributed by atoms with Crippen LogP contribution < -0.4 is 0 Å².